The first-order valence-electron chi connectivity index (χ1n) is 4.86. The van der Waals surface area contributed by atoms with Gasteiger partial charge in [-0.15, -0.1) is 11.8 Å². The van der Waals surface area contributed by atoms with Gasteiger partial charge in [-0.05, 0) is 37.1 Å². The Kier molecular flexibility index (Phi) is 4.74. The van der Waals surface area contributed by atoms with Crippen LogP contribution in [0.5, 0.6) is 5.75 Å². The van der Waals surface area contributed by atoms with Gasteiger partial charge in [0.15, 0.2) is 0 Å². The number of methoxy groups -OCH3 is 1. The Bertz CT molecular complexity index is 362. The Labute approximate surface area is 105 Å². The molecule has 0 heterocycles. The van der Waals surface area contributed by atoms with E-state index in [1.165, 1.54) is 11.8 Å². The predicted octanol–water partition coefficient (Wildman–Crippen LogP) is 3.16. The summed E-state index contributed by atoms with van der Waals surface area (Å²) in [4.78, 5) is 11.9. The summed E-state index contributed by atoms with van der Waals surface area (Å²) >= 11 is 2.83. The molecular weight excluding hydrogens is 240 g/mol. The number of benzene rings is 1. The lowest BCUT2D eigenvalue weighted by Crippen LogP contribution is -2.25. The fourth-order valence-corrected chi connectivity index (χ4v) is 2.97. The molecule has 0 radical (unpaired) electrons. The third-order valence-corrected chi connectivity index (χ3v) is 4.77. The highest BCUT2D eigenvalue weighted by Gasteiger charge is 2.33. The molecular formula is C12H16O2S2. The van der Waals surface area contributed by atoms with E-state index >= 15 is 0 Å². The molecule has 0 amide bonds. The molecule has 16 heavy (non-hydrogen) atoms. The zero-order chi connectivity index (χ0) is 12.2. The fraction of sp³-hybridized carbons (Fsp3) is 0.417. The molecule has 0 fully saturated rings. The average Bonchev–Trinajstić information content (AvgIpc) is 2.36. The zero-order valence-electron chi connectivity index (χ0n) is 9.94. The maximum atomic E-state index is 11.9. The first-order valence-corrected chi connectivity index (χ1v) is 7.31. The summed E-state index contributed by atoms with van der Waals surface area (Å²) in [6.07, 6.45) is 3.78. The van der Waals surface area contributed by atoms with Gasteiger partial charge in [-0.2, -0.15) is 0 Å². The molecule has 0 aromatic heterocycles. The maximum absolute atomic E-state index is 11.9. The van der Waals surface area contributed by atoms with Gasteiger partial charge in [0.2, 0.25) is 5.12 Å². The minimum absolute atomic E-state index is 0.171. The number of carbonyl (C=O) groups is 1. The van der Waals surface area contributed by atoms with Crippen molar-refractivity contribution in [1.82, 2.24) is 0 Å². The van der Waals surface area contributed by atoms with E-state index in [1.54, 1.807) is 18.9 Å². The van der Waals surface area contributed by atoms with Crippen LogP contribution >= 0.6 is 23.5 Å². The average molecular weight is 256 g/mol. The Hall–Kier alpha value is -0.610. The van der Waals surface area contributed by atoms with Crippen LogP contribution in [0.15, 0.2) is 24.3 Å². The van der Waals surface area contributed by atoms with Crippen molar-refractivity contribution in [3.63, 3.8) is 0 Å². The molecule has 0 bridgehead atoms. The van der Waals surface area contributed by atoms with Gasteiger partial charge >= 0.3 is 0 Å². The molecule has 0 aliphatic carbocycles. The van der Waals surface area contributed by atoms with Crippen LogP contribution in [0.1, 0.15) is 12.5 Å². The summed E-state index contributed by atoms with van der Waals surface area (Å²) in [5.41, 5.74) is 1.01. The highest BCUT2D eigenvalue weighted by atomic mass is 32.2. The van der Waals surface area contributed by atoms with Crippen molar-refractivity contribution in [2.24, 2.45) is 0 Å². The summed E-state index contributed by atoms with van der Waals surface area (Å²) in [6, 6.07) is 7.67. The highest BCUT2D eigenvalue weighted by molar-refractivity contribution is 8.15. The van der Waals surface area contributed by atoms with E-state index < -0.39 is 4.75 Å². The summed E-state index contributed by atoms with van der Waals surface area (Å²) in [6.45, 7) is 1.96. The van der Waals surface area contributed by atoms with Gasteiger partial charge < -0.3 is 4.74 Å². The first kappa shape index (κ1) is 13.5. The minimum atomic E-state index is -0.480. The molecule has 0 N–H and O–H groups in total. The molecule has 0 unspecified atom stereocenters. The largest absolute Gasteiger partial charge is 0.497 e. The molecule has 0 saturated carbocycles. The third-order valence-electron chi connectivity index (χ3n) is 2.62. The Morgan fingerprint density at radius 2 is 1.81 bits per heavy atom. The van der Waals surface area contributed by atoms with Crippen LogP contribution < -0.4 is 4.74 Å². The molecule has 1 atom stereocenters. The van der Waals surface area contributed by atoms with Crippen molar-refractivity contribution in [3.05, 3.63) is 29.8 Å². The van der Waals surface area contributed by atoms with E-state index in [0.29, 0.717) is 0 Å². The Balaban J connectivity index is 3.07. The Morgan fingerprint density at radius 3 is 2.19 bits per heavy atom. The smallest absolute Gasteiger partial charge is 0.208 e. The maximum Gasteiger partial charge on any atom is 0.208 e. The van der Waals surface area contributed by atoms with Crippen LogP contribution in [0, 0.1) is 0 Å². The van der Waals surface area contributed by atoms with Crippen LogP contribution in [-0.4, -0.2) is 24.7 Å². The van der Waals surface area contributed by atoms with Gasteiger partial charge in [0.25, 0.3) is 0 Å². The second-order valence-corrected chi connectivity index (χ2v) is 5.46. The van der Waals surface area contributed by atoms with Crippen LogP contribution in [0.2, 0.25) is 0 Å². The Morgan fingerprint density at radius 1 is 1.25 bits per heavy atom. The number of hydrogen-bond acceptors (Lipinski definition) is 4. The molecule has 2 nitrogen and oxygen atoms in total. The topological polar surface area (TPSA) is 26.3 Å². The number of hydrogen-bond donors (Lipinski definition) is 0. The first-order chi connectivity index (χ1) is 7.58. The van der Waals surface area contributed by atoms with Gasteiger partial charge in [-0.1, -0.05) is 23.9 Å². The second kappa shape index (κ2) is 5.64. The zero-order valence-corrected chi connectivity index (χ0v) is 11.6. The van der Waals surface area contributed by atoms with Crippen molar-refractivity contribution in [1.29, 1.82) is 0 Å². The minimum Gasteiger partial charge on any atom is -0.497 e. The molecule has 88 valence electrons. The summed E-state index contributed by atoms with van der Waals surface area (Å²) in [5, 5.41) is 0.171. The van der Waals surface area contributed by atoms with Gasteiger partial charge in [-0.3, -0.25) is 4.79 Å². The fourth-order valence-electron chi connectivity index (χ4n) is 1.42. The standard InChI is InChI=1S/C12H16O2S2/c1-12(16-4,11(13)15-3)9-5-7-10(14-2)8-6-9/h5-8H,1-4H3/t12-/m0/s1. The number of thioether (sulfide) groups is 2. The van der Waals surface area contributed by atoms with Crippen molar-refractivity contribution >= 4 is 28.6 Å². The van der Waals surface area contributed by atoms with Crippen molar-refractivity contribution in [2.45, 2.75) is 11.7 Å². The predicted molar refractivity (Wildman–Crippen MR) is 72.4 cm³/mol. The monoisotopic (exact) mass is 256 g/mol. The second-order valence-electron chi connectivity index (χ2n) is 3.46. The third kappa shape index (κ3) is 2.55. The van der Waals surface area contributed by atoms with E-state index in [-0.39, 0.29) is 5.12 Å². The molecule has 0 saturated heterocycles. The number of rotatable bonds is 4. The van der Waals surface area contributed by atoms with E-state index in [1.807, 2.05) is 43.7 Å². The van der Waals surface area contributed by atoms with E-state index in [2.05, 4.69) is 0 Å². The molecule has 0 aliphatic heterocycles. The van der Waals surface area contributed by atoms with Gasteiger partial charge in [0.05, 0.1) is 7.11 Å². The van der Waals surface area contributed by atoms with Crippen LogP contribution in [0.3, 0.4) is 0 Å². The van der Waals surface area contributed by atoms with E-state index in [0.717, 1.165) is 11.3 Å². The molecule has 0 spiro atoms. The lowest BCUT2D eigenvalue weighted by molar-refractivity contribution is -0.112. The lowest BCUT2D eigenvalue weighted by atomic mass is 10.0. The van der Waals surface area contributed by atoms with Crippen LogP contribution in [0.4, 0.5) is 0 Å². The molecule has 0 aliphatic rings. The van der Waals surface area contributed by atoms with E-state index in [9.17, 15) is 4.79 Å². The molecule has 1 rings (SSSR count). The van der Waals surface area contributed by atoms with Crippen LogP contribution in [-0.2, 0) is 9.54 Å². The summed E-state index contributed by atoms with van der Waals surface area (Å²) in [7, 11) is 1.63. The normalized spacial score (nSPS) is 14.2. The van der Waals surface area contributed by atoms with Crippen molar-refractivity contribution in [3.8, 4) is 5.75 Å². The highest BCUT2D eigenvalue weighted by Crippen LogP contribution is 2.38. The number of ether oxygens (including phenoxy) is 1. The molecule has 1 aromatic rings. The number of carbonyl (C=O) groups excluding carboxylic acids is 1. The van der Waals surface area contributed by atoms with Crippen LogP contribution in [0.25, 0.3) is 0 Å². The van der Waals surface area contributed by atoms with Gasteiger partial charge in [-0.25, -0.2) is 0 Å². The summed E-state index contributed by atoms with van der Waals surface area (Å²) in [5.74, 6) is 0.809. The van der Waals surface area contributed by atoms with Crippen molar-refractivity contribution < 1.29 is 9.53 Å². The van der Waals surface area contributed by atoms with Crippen molar-refractivity contribution in [2.75, 3.05) is 19.6 Å². The molecule has 4 heteroatoms. The quantitative estimate of drug-likeness (QED) is 0.826. The van der Waals surface area contributed by atoms with Gasteiger partial charge in [0.1, 0.15) is 10.5 Å². The van der Waals surface area contributed by atoms with E-state index in [4.69, 9.17) is 4.74 Å². The summed E-state index contributed by atoms with van der Waals surface area (Å²) < 4.78 is 4.62. The molecule has 1 aromatic carbocycles. The van der Waals surface area contributed by atoms with Gasteiger partial charge in [0, 0.05) is 0 Å². The SMILES string of the molecule is COc1ccc([C@](C)(SC)C(=O)SC)cc1. The lowest BCUT2D eigenvalue weighted by Gasteiger charge is -2.25.